The summed E-state index contributed by atoms with van der Waals surface area (Å²) in [6.07, 6.45) is 5.86. The Morgan fingerprint density at radius 2 is 2.00 bits per heavy atom. The van der Waals surface area contributed by atoms with Crippen LogP contribution in [-0.2, 0) is 4.79 Å². The number of fused-ring (bicyclic) bond motifs is 1. The lowest BCUT2D eigenvalue weighted by Gasteiger charge is -2.30. The zero-order valence-electron chi connectivity index (χ0n) is 19.8. The molecule has 1 atom stereocenters. The molecule has 2 heterocycles. The molecule has 0 bridgehead atoms. The van der Waals surface area contributed by atoms with Crippen LogP contribution in [0.3, 0.4) is 0 Å². The van der Waals surface area contributed by atoms with Crippen LogP contribution in [-0.4, -0.2) is 30.5 Å². The number of ether oxygens (including phenoxy) is 1. The standard InChI is InChI=1S/C28H33NO3/c1-6-31-27-21(5)28-24(25(17-32-28)22-11-9-18(2)10-12-22)15-23(27)20(4)14-26(30)29-13-7-8-19(3)16-29/h9-12,14-15,17,19H,6-8,13,16H2,1-5H3/b20-14+. The molecule has 1 saturated heterocycles. The third kappa shape index (κ3) is 4.32. The van der Waals surface area contributed by atoms with Crippen molar-refractivity contribution < 1.29 is 13.9 Å². The van der Waals surface area contributed by atoms with E-state index in [1.807, 2.05) is 31.9 Å². The summed E-state index contributed by atoms with van der Waals surface area (Å²) >= 11 is 0. The number of piperidine rings is 1. The average molecular weight is 432 g/mol. The Hall–Kier alpha value is -3.01. The maximum Gasteiger partial charge on any atom is 0.246 e. The van der Waals surface area contributed by atoms with E-state index in [9.17, 15) is 4.79 Å². The number of nitrogens with zero attached hydrogens (tertiary/aromatic N) is 1. The minimum absolute atomic E-state index is 0.0835. The van der Waals surface area contributed by atoms with Gasteiger partial charge in [0.15, 0.2) is 0 Å². The number of allylic oxidation sites excluding steroid dienone is 1. The van der Waals surface area contributed by atoms with Crippen LogP contribution in [0.5, 0.6) is 5.75 Å². The minimum atomic E-state index is 0.0835. The average Bonchev–Trinajstić information content (AvgIpc) is 3.20. The minimum Gasteiger partial charge on any atom is -0.493 e. The van der Waals surface area contributed by atoms with Gasteiger partial charge in [0.05, 0.1) is 12.9 Å². The van der Waals surface area contributed by atoms with E-state index in [1.165, 1.54) is 12.0 Å². The molecule has 32 heavy (non-hydrogen) atoms. The lowest BCUT2D eigenvalue weighted by atomic mass is 9.95. The van der Waals surface area contributed by atoms with Crippen LogP contribution in [0.25, 0.3) is 27.7 Å². The van der Waals surface area contributed by atoms with E-state index in [4.69, 9.17) is 9.15 Å². The molecule has 0 spiro atoms. The molecule has 3 aromatic rings. The van der Waals surface area contributed by atoms with Crippen LogP contribution in [0.4, 0.5) is 0 Å². The number of furan rings is 1. The SMILES string of the molecule is CCOc1c(/C(C)=C/C(=O)N2CCCC(C)C2)cc2c(-c3ccc(C)cc3)coc2c1C. The lowest BCUT2D eigenvalue weighted by Crippen LogP contribution is -2.38. The predicted molar refractivity (Wildman–Crippen MR) is 131 cm³/mol. The summed E-state index contributed by atoms with van der Waals surface area (Å²) in [7, 11) is 0. The summed E-state index contributed by atoms with van der Waals surface area (Å²) in [5.41, 5.74) is 7.05. The topological polar surface area (TPSA) is 42.7 Å². The highest BCUT2D eigenvalue weighted by molar-refractivity contribution is 6.01. The van der Waals surface area contributed by atoms with E-state index >= 15 is 0 Å². The maximum absolute atomic E-state index is 13.0. The van der Waals surface area contributed by atoms with Gasteiger partial charge < -0.3 is 14.1 Å². The molecule has 2 aromatic carbocycles. The molecule has 1 amide bonds. The van der Waals surface area contributed by atoms with E-state index in [-0.39, 0.29) is 5.91 Å². The van der Waals surface area contributed by atoms with Gasteiger partial charge in [-0.05, 0) is 63.7 Å². The van der Waals surface area contributed by atoms with Crippen molar-refractivity contribution in [1.82, 2.24) is 4.90 Å². The molecule has 4 nitrogen and oxygen atoms in total. The van der Waals surface area contributed by atoms with Gasteiger partial charge in [-0.2, -0.15) is 0 Å². The van der Waals surface area contributed by atoms with Crippen LogP contribution in [0.2, 0.25) is 0 Å². The zero-order valence-corrected chi connectivity index (χ0v) is 19.8. The molecule has 0 saturated carbocycles. The number of aryl methyl sites for hydroxylation is 2. The molecule has 1 unspecified atom stereocenters. The van der Waals surface area contributed by atoms with Crippen molar-refractivity contribution >= 4 is 22.4 Å². The fourth-order valence-corrected chi connectivity index (χ4v) is 4.64. The number of carbonyl (C=O) groups is 1. The Morgan fingerprint density at radius 1 is 1.25 bits per heavy atom. The fraction of sp³-hybridized carbons (Fsp3) is 0.393. The van der Waals surface area contributed by atoms with Gasteiger partial charge in [0.2, 0.25) is 5.91 Å². The van der Waals surface area contributed by atoms with Gasteiger partial charge in [-0.1, -0.05) is 36.8 Å². The first-order chi connectivity index (χ1) is 15.4. The van der Waals surface area contributed by atoms with Gasteiger partial charge in [-0.3, -0.25) is 4.79 Å². The number of amides is 1. The summed E-state index contributed by atoms with van der Waals surface area (Å²) < 4.78 is 12.0. The predicted octanol–water partition coefficient (Wildman–Crippen LogP) is 6.78. The van der Waals surface area contributed by atoms with Crippen molar-refractivity contribution in [3.8, 4) is 16.9 Å². The number of rotatable bonds is 5. The van der Waals surface area contributed by atoms with Crippen molar-refractivity contribution in [3.05, 3.63) is 59.4 Å². The molecule has 4 heteroatoms. The molecule has 4 rings (SSSR count). The largest absolute Gasteiger partial charge is 0.493 e. The zero-order chi connectivity index (χ0) is 22.8. The van der Waals surface area contributed by atoms with Crippen LogP contribution >= 0.6 is 0 Å². The Kier molecular flexibility index (Phi) is 6.40. The highest BCUT2D eigenvalue weighted by atomic mass is 16.5. The lowest BCUT2D eigenvalue weighted by molar-refractivity contribution is -0.127. The van der Waals surface area contributed by atoms with E-state index in [2.05, 4.69) is 44.2 Å². The summed E-state index contributed by atoms with van der Waals surface area (Å²) in [4.78, 5) is 15.0. The number of hydrogen-bond donors (Lipinski definition) is 0. The van der Waals surface area contributed by atoms with E-state index in [0.717, 1.165) is 64.1 Å². The van der Waals surface area contributed by atoms with Crippen molar-refractivity contribution in [1.29, 1.82) is 0 Å². The number of likely N-dealkylation sites (tertiary alicyclic amines) is 1. The second-order valence-electron chi connectivity index (χ2n) is 9.06. The summed E-state index contributed by atoms with van der Waals surface area (Å²) in [6.45, 7) is 12.5. The van der Waals surface area contributed by atoms with Crippen LogP contribution in [0.15, 0.2) is 47.1 Å². The quantitative estimate of drug-likeness (QED) is 0.418. The first-order valence-corrected chi connectivity index (χ1v) is 11.6. The number of carbonyl (C=O) groups excluding carboxylic acids is 1. The van der Waals surface area contributed by atoms with Crippen LogP contribution in [0, 0.1) is 19.8 Å². The molecule has 0 radical (unpaired) electrons. The van der Waals surface area contributed by atoms with Crippen molar-refractivity contribution in [2.75, 3.05) is 19.7 Å². The second-order valence-corrected chi connectivity index (χ2v) is 9.06. The highest BCUT2D eigenvalue weighted by Gasteiger charge is 2.22. The smallest absolute Gasteiger partial charge is 0.246 e. The van der Waals surface area contributed by atoms with Gasteiger partial charge in [-0.15, -0.1) is 0 Å². The van der Waals surface area contributed by atoms with Crippen molar-refractivity contribution in [3.63, 3.8) is 0 Å². The maximum atomic E-state index is 13.0. The fourth-order valence-electron chi connectivity index (χ4n) is 4.64. The number of benzene rings is 2. The van der Waals surface area contributed by atoms with E-state index in [1.54, 1.807) is 6.08 Å². The Balaban J connectivity index is 1.79. The normalized spacial score (nSPS) is 17.1. The first kappa shape index (κ1) is 22.2. The van der Waals surface area contributed by atoms with Crippen LogP contribution < -0.4 is 4.74 Å². The molecular formula is C28H33NO3. The molecule has 0 N–H and O–H groups in total. The molecule has 1 aromatic heterocycles. The molecule has 1 aliphatic heterocycles. The van der Waals surface area contributed by atoms with Crippen LogP contribution in [0.1, 0.15) is 50.3 Å². The van der Waals surface area contributed by atoms with Crippen molar-refractivity contribution in [2.24, 2.45) is 5.92 Å². The molecule has 0 aliphatic carbocycles. The van der Waals surface area contributed by atoms with Gasteiger partial charge in [-0.25, -0.2) is 0 Å². The highest BCUT2D eigenvalue weighted by Crippen LogP contribution is 2.40. The monoisotopic (exact) mass is 431 g/mol. The second kappa shape index (κ2) is 9.23. The number of hydrogen-bond acceptors (Lipinski definition) is 3. The molecular weight excluding hydrogens is 398 g/mol. The Morgan fingerprint density at radius 3 is 2.69 bits per heavy atom. The van der Waals surface area contributed by atoms with Gasteiger partial charge in [0, 0.05) is 41.2 Å². The van der Waals surface area contributed by atoms with Gasteiger partial charge in [0.25, 0.3) is 0 Å². The van der Waals surface area contributed by atoms with E-state index in [0.29, 0.717) is 12.5 Å². The molecule has 168 valence electrons. The summed E-state index contributed by atoms with van der Waals surface area (Å²) in [5.74, 6) is 1.43. The third-order valence-corrected chi connectivity index (χ3v) is 6.43. The molecule has 1 aliphatic rings. The van der Waals surface area contributed by atoms with E-state index < -0.39 is 0 Å². The molecule has 1 fully saturated rings. The van der Waals surface area contributed by atoms with Gasteiger partial charge >= 0.3 is 0 Å². The summed E-state index contributed by atoms with van der Waals surface area (Å²) in [6, 6.07) is 10.6. The van der Waals surface area contributed by atoms with Crippen molar-refractivity contribution in [2.45, 2.75) is 47.5 Å². The third-order valence-electron chi connectivity index (χ3n) is 6.43. The Bertz CT molecular complexity index is 1150. The Labute approximate surface area is 190 Å². The van der Waals surface area contributed by atoms with Gasteiger partial charge in [0.1, 0.15) is 11.3 Å². The summed E-state index contributed by atoms with van der Waals surface area (Å²) in [5, 5.41) is 1.04. The first-order valence-electron chi connectivity index (χ1n) is 11.6.